The van der Waals surface area contributed by atoms with Crippen molar-refractivity contribution in [2.24, 2.45) is 5.41 Å². The predicted octanol–water partition coefficient (Wildman–Crippen LogP) is 3.07. The van der Waals surface area contributed by atoms with E-state index in [1.807, 2.05) is 13.8 Å². The number of imide groups is 1. The van der Waals surface area contributed by atoms with Gasteiger partial charge >= 0.3 is 6.09 Å². The van der Waals surface area contributed by atoms with E-state index in [1.54, 1.807) is 54.6 Å². The Kier molecular flexibility index (Phi) is 8.18. The van der Waals surface area contributed by atoms with Crippen molar-refractivity contribution in [3.63, 3.8) is 0 Å². The molecule has 29 heavy (non-hydrogen) atoms. The van der Waals surface area contributed by atoms with Gasteiger partial charge in [0, 0.05) is 23.1 Å². The Morgan fingerprint density at radius 2 is 1.66 bits per heavy atom. The van der Waals surface area contributed by atoms with Gasteiger partial charge in [-0.3, -0.25) is 10.1 Å². The summed E-state index contributed by atoms with van der Waals surface area (Å²) in [5.41, 5.74) is 0.268. The maximum atomic E-state index is 12.5. The van der Waals surface area contributed by atoms with Crippen LogP contribution < -0.4 is 10.1 Å². The average Bonchev–Trinajstić information content (AvgIpc) is 2.71. The van der Waals surface area contributed by atoms with Crippen LogP contribution in [0.3, 0.4) is 0 Å². The zero-order chi connectivity index (χ0) is 21.3. The van der Waals surface area contributed by atoms with Crippen LogP contribution in [0.1, 0.15) is 42.3 Å². The van der Waals surface area contributed by atoms with Crippen LogP contribution in [0.15, 0.2) is 54.6 Å². The lowest BCUT2D eigenvalue weighted by atomic mass is 9.79. The third-order valence-electron chi connectivity index (χ3n) is 4.49. The number of rotatable bonds is 9. The number of hydrogen-bond donors (Lipinski definition) is 3. The molecule has 0 unspecified atom stereocenters. The summed E-state index contributed by atoms with van der Waals surface area (Å²) in [5, 5.41) is 20.8. The van der Waals surface area contributed by atoms with Crippen LogP contribution in [0.2, 0.25) is 0 Å². The van der Waals surface area contributed by atoms with Crippen molar-refractivity contribution in [3.8, 4) is 5.75 Å². The molecule has 0 heterocycles. The molecule has 0 aliphatic carbocycles. The van der Waals surface area contributed by atoms with Gasteiger partial charge in [-0.1, -0.05) is 50.2 Å². The minimum absolute atomic E-state index is 0.0862. The lowest BCUT2D eigenvalue weighted by Crippen LogP contribution is -2.36. The SMILES string of the molecule is CC(C)(CCO)[C@H](OC(=O)NC(=O)c1ccccc1)c1ccccc1OCCO. The van der Waals surface area contributed by atoms with Gasteiger partial charge < -0.3 is 19.7 Å². The normalized spacial score (nSPS) is 12.1. The number of alkyl carbamates (subject to hydrolysis) is 1. The number of para-hydroxylation sites is 1. The summed E-state index contributed by atoms with van der Waals surface area (Å²) < 4.78 is 11.2. The first-order valence-corrected chi connectivity index (χ1v) is 9.39. The molecule has 0 radical (unpaired) electrons. The number of ether oxygens (including phenoxy) is 2. The Morgan fingerprint density at radius 1 is 1.00 bits per heavy atom. The quantitative estimate of drug-likeness (QED) is 0.596. The summed E-state index contributed by atoms with van der Waals surface area (Å²) in [6.45, 7) is 3.53. The van der Waals surface area contributed by atoms with Crippen LogP contribution in [0.5, 0.6) is 5.75 Å². The van der Waals surface area contributed by atoms with Crippen LogP contribution in [-0.2, 0) is 4.74 Å². The number of nitrogens with one attached hydrogen (secondary N) is 1. The Hall–Kier alpha value is -2.90. The van der Waals surface area contributed by atoms with E-state index in [-0.39, 0.29) is 19.8 Å². The van der Waals surface area contributed by atoms with E-state index in [0.717, 1.165) is 0 Å². The number of aliphatic hydroxyl groups excluding tert-OH is 2. The van der Waals surface area contributed by atoms with Crippen molar-refractivity contribution in [2.75, 3.05) is 19.8 Å². The van der Waals surface area contributed by atoms with Gasteiger partial charge in [0.1, 0.15) is 18.5 Å². The van der Waals surface area contributed by atoms with Crippen LogP contribution in [0, 0.1) is 5.41 Å². The zero-order valence-electron chi connectivity index (χ0n) is 16.6. The molecule has 2 aromatic carbocycles. The second-order valence-electron chi connectivity index (χ2n) is 7.18. The van der Waals surface area contributed by atoms with Crippen LogP contribution in [0.4, 0.5) is 4.79 Å². The van der Waals surface area contributed by atoms with E-state index in [1.165, 1.54) is 0 Å². The first-order valence-electron chi connectivity index (χ1n) is 9.39. The molecular weight excluding hydrogens is 374 g/mol. The van der Waals surface area contributed by atoms with E-state index in [9.17, 15) is 14.7 Å². The fourth-order valence-corrected chi connectivity index (χ4v) is 2.94. The summed E-state index contributed by atoms with van der Waals surface area (Å²) in [4.78, 5) is 24.7. The van der Waals surface area contributed by atoms with Gasteiger partial charge in [0.25, 0.3) is 5.91 Å². The fraction of sp³-hybridized carbons (Fsp3) is 0.364. The molecule has 2 aromatic rings. The molecule has 7 nitrogen and oxygen atoms in total. The summed E-state index contributed by atoms with van der Waals surface area (Å²) >= 11 is 0. The lowest BCUT2D eigenvalue weighted by molar-refractivity contribution is 0.00694. The largest absolute Gasteiger partial charge is 0.491 e. The standard InChI is InChI=1S/C22H27NO6/c1-22(2,12-13-24)19(17-10-6-7-11-18(17)28-15-14-25)29-21(27)23-20(26)16-8-4-3-5-9-16/h3-11,19,24-25H,12-15H2,1-2H3,(H,23,26,27)/t19-/m1/s1. The Morgan fingerprint density at radius 3 is 2.31 bits per heavy atom. The third-order valence-corrected chi connectivity index (χ3v) is 4.49. The lowest BCUT2D eigenvalue weighted by Gasteiger charge is -2.34. The smallest absolute Gasteiger partial charge is 0.414 e. The summed E-state index contributed by atoms with van der Waals surface area (Å²) in [5.74, 6) is -0.112. The minimum Gasteiger partial charge on any atom is -0.491 e. The topological polar surface area (TPSA) is 105 Å². The highest BCUT2D eigenvalue weighted by molar-refractivity contribution is 6.02. The molecule has 0 aliphatic rings. The number of aliphatic hydroxyl groups is 2. The molecule has 0 saturated heterocycles. The van der Waals surface area contributed by atoms with Gasteiger partial charge in [-0.05, 0) is 24.6 Å². The predicted molar refractivity (Wildman–Crippen MR) is 108 cm³/mol. The summed E-state index contributed by atoms with van der Waals surface area (Å²) in [6, 6.07) is 15.4. The van der Waals surface area contributed by atoms with Crippen molar-refractivity contribution < 1.29 is 29.3 Å². The van der Waals surface area contributed by atoms with Crippen molar-refractivity contribution in [1.82, 2.24) is 5.32 Å². The highest BCUT2D eigenvalue weighted by Gasteiger charge is 2.36. The van der Waals surface area contributed by atoms with Crippen LogP contribution in [0.25, 0.3) is 0 Å². The number of carbonyl (C=O) groups excluding carboxylic acids is 2. The van der Waals surface area contributed by atoms with Crippen LogP contribution >= 0.6 is 0 Å². The third kappa shape index (κ3) is 6.30. The van der Waals surface area contributed by atoms with Crippen LogP contribution in [-0.4, -0.2) is 42.0 Å². The number of amides is 2. The highest BCUT2D eigenvalue weighted by atomic mass is 16.6. The molecule has 156 valence electrons. The van der Waals surface area contributed by atoms with E-state index < -0.39 is 23.5 Å². The first kappa shape index (κ1) is 22.4. The monoisotopic (exact) mass is 401 g/mol. The van der Waals surface area contributed by atoms with E-state index in [4.69, 9.17) is 14.6 Å². The van der Waals surface area contributed by atoms with Crippen molar-refractivity contribution in [3.05, 3.63) is 65.7 Å². The van der Waals surface area contributed by atoms with Gasteiger partial charge in [0.15, 0.2) is 0 Å². The van der Waals surface area contributed by atoms with E-state index >= 15 is 0 Å². The molecule has 0 aromatic heterocycles. The molecule has 1 atom stereocenters. The van der Waals surface area contributed by atoms with Gasteiger partial charge in [-0.2, -0.15) is 0 Å². The van der Waals surface area contributed by atoms with Crippen molar-refractivity contribution in [2.45, 2.75) is 26.4 Å². The van der Waals surface area contributed by atoms with Crippen molar-refractivity contribution >= 4 is 12.0 Å². The van der Waals surface area contributed by atoms with Gasteiger partial charge in [-0.25, -0.2) is 4.79 Å². The Labute approximate surface area is 170 Å². The van der Waals surface area contributed by atoms with E-state index in [0.29, 0.717) is 23.3 Å². The second kappa shape index (κ2) is 10.6. The molecule has 2 amide bonds. The minimum atomic E-state index is -0.896. The van der Waals surface area contributed by atoms with Gasteiger partial charge in [0.05, 0.1) is 6.61 Å². The molecule has 0 bridgehead atoms. The number of hydrogen-bond acceptors (Lipinski definition) is 6. The maximum absolute atomic E-state index is 12.5. The summed E-state index contributed by atoms with van der Waals surface area (Å²) in [6.07, 6.45) is -1.34. The molecule has 0 saturated carbocycles. The van der Waals surface area contributed by atoms with Gasteiger partial charge in [0.2, 0.25) is 0 Å². The molecule has 7 heteroatoms. The maximum Gasteiger partial charge on any atom is 0.414 e. The first-order chi connectivity index (χ1) is 13.9. The molecule has 0 fully saturated rings. The Bertz CT molecular complexity index is 806. The van der Waals surface area contributed by atoms with E-state index in [2.05, 4.69) is 5.32 Å². The highest BCUT2D eigenvalue weighted by Crippen LogP contribution is 2.42. The fourth-order valence-electron chi connectivity index (χ4n) is 2.94. The molecule has 0 aliphatic heterocycles. The molecule has 2 rings (SSSR count). The zero-order valence-corrected chi connectivity index (χ0v) is 16.6. The molecular formula is C22H27NO6. The van der Waals surface area contributed by atoms with Gasteiger partial charge in [-0.15, -0.1) is 0 Å². The average molecular weight is 401 g/mol. The summed E-state index contributed by atoms with van der Waals surface area (Å²) in [7, 11) is 0. The molecule has 0 spiro atoms. The Balaban J connectivity index is 2.25. The number of carbonyl (C=O) groups is 2. The molecule has 3 N–H and O–H groups in total. The second-order valence-corrected chi connectivity index (χ2v) is 7.18. The van der Waals surface area contributed by atoms with Crippen molar-refractivity contribution in [1.29, 1.82) is 0 Å². The number of benzene rings is 2.